The lowest BCUT2D eigenvalue weighted by Crippen LogP contribution is -2.74. The molecule has 2 unspecified atom stereocenters. The minimum atomic E-state index is -1.25. The van der Waals surface area contributed by atoms with Crippen LogP contribution >= 0.6 is 0 Å². The number of carbonyl (C=O) groups excluding carboxylic acids is 4. The summed E-state index contributed by atoms with van der Waals surface area (Å²) in [6.07, 6.45) is -0.475. The Bertz CT molecular complexity index is 576. The van der Waals surface area contributed by atoms with Crippen LogP contribution in [0.3, 0.4) is 0 Å². The molecule has 0 aliphatic carbocycles. The van der Waals surface area contributed by atoms with Crippen molar-refractivity contribution in [2.75, 3.05) is 6.54 Å². The fourth-order valence-electron chi connectivity index (χ4n) is 3.25. The Morgan fingerprint density at radius 3 is 2.38 bits per heavy atom. The summed E-state index contributed by atoms with van der Waals surface area (Å²) in [5, 5.41) is 14.6. The first-order chi connectivity index (χ1) is 11.1. The molecule has 134 valence electrons. The van der Waals surface area contributed by atoms with Gasteiger partial charge in [-0.15, -0.1) is 0 Å². The second-order valence-corrected chi connectivity index (χ2v) is 6.76. The number of nitrogens with two attached hydrogens (primary N) is 1. The van der Waals surface area contributed by atoms with E-state index in [1.165, 1.54) is 11.8 Å². The van der Waals surface area contributed by atoms with Gasteiger partial charge in [0.1, 0.15) is 17.6 Å². The number of amides is 4. The Morgan fingerprint density at radius 1 is 1.38 bits per heavy atom. The monoisotopic (exact) mass is 340 g/mol. The normalized spacial score (nSPS) is 28.3. The van der Waals surface area contributed by atoms with Crippen LogP contribution in [-0.4, -0.2) is 63.9 Å². The molecule has 9 nitrogen and oxygen atoms in total. The highest BCUT2D eigenvalue weighted by atomic mass is 16.3. The fourth-order valence-corrected chi connectivity index (χ4v) is 3.25. The summed E-state index contributed by atoms with van der Waals surface area (Å²) in [5.41, 5.74) is 4.19. The minimum Gasteiger partial charge on any atom is -0.391 e. The molecule has 2 aliphatic heterocycles. The van der Waals surface area contributed by atoms with Crippen LogP contribution in [0.15, 0.2) is 0 Å². The molecule has 2 saturated heterocycles. The van der Waals surface area contributed by atoms with Gasteiger partial charge in [0, 0.05) is 5.92 Å². The van der Waals surface area contributed by atoms with Crippen molar-refractivity contribution in [1.29, 1.82) is 0 Å². The van der Waals surface area contributed by atoms with Gasteiger partial charge < -0.3 is 26.4 Å². The van der Waals surface area contributed by atoms with Crippen LogP contribution in [0, 0.1) is 5.92 Å². The highest BCUT2D eigenvalue weighted by molar-refractivity contribution is 6.01. The number of likely N-dealkylation sites (tertiary alicyclic amines) is 1. The minimum absolute atomic E-state index is 0.270. The Balaban J connectivity index is 2.24. The van der Waals surface area contributed by atoms with Gasteiger partial charge in [-0.1, -0.05) is 13.8 Å². The van der Waals surface area contributed by atoms with Crippen LogP contribution in [0.1, 0.15) is 33.6 Å². The molecule has 24 heavy (non-hydrogen) atoms. The lowest BCUT2D eigenvalue weighted by atomic mass is 9.87. The predicted molar refractivity (Wildman–Crippen MR) is 83.3 cm³/mol. The first-order valence-electron chi connectivity index (χ1n) is 8.01. The van der Waals surface area contributed by atoms with Gasteiger partial charge in [0.15, 0.2) is 0 Å². The molecule has 2 aliphatic rings. The lowest BCUT2D eigenvalue weighted by Gasteiger charge is -2.46. The fraction of sp³-hybridized carbons (Fsp3) is 0.733. The molecule has 1 spiro atoms. The maximum atomic E-state index is 12.6. The number of hydrogen-bond donors (Lipinski definition) is 4. The number of aliphatic hydroxyl groups excluding tert-OH is 1. The summed E-state index contributed by atoms with van der Waals surface area (Å²) in [7, 11) is 0. The molecular formula is C15H24N4O5. The number of nitrogens with zero attached hydrogens (tertiary/aromatic N) is 1. The Labute approximate surface area is 139 Å². The molecule has 0 saturated carbocycles. The number of rotatable bonds is 5. The molecule has 4 amide bonds. The van der Waals surface area contributed by atoms with Gasteiger partial charge in [-0.25, -0.2) is 0 Å². The van der Waals surface area contributed by atoms with E-state index in [-0.39, 0.29) is 17.7 Å². The Kier molecular flexibility index (Phi) is 4.84. The Morgan fingerprint density at radius 2 is 2.00 bits per heavy atom. The van der Waals surface area contributed by atoms with Gasteiger partial charge in [0.05, 0.1) is 12.6 Å². The van der Waals surface area contributed by atoms with Gasteiger partial charge in [-0.3, -0.25) is 19.2 Å². The zero-order valence-electron chi connectivity index (χ0n) is 14.0. The van der Waals surface area contributed by atoms with Crippen LogP contribution < -0.4 is 16.4 Å². The van der Waals surface area contributed by atoms with E-state index < -0.39 is 35.5 Å². The summed E-state index contributed by atoms with van der Waals surface area (Å²) < 4.78 is 0. The van der Waals surface area contributed by atoms with E-state index in [4.69, 9.17) is 5.73 Å². The largest absolute Gasteiger partial charge is 0.391 e. The summed E-state index contributed by atoms with van der Waals surface area (Å²) in [6, 6.07) is -2.12. The van der Waals surface area contributed by atoms with E-state index >= 15 is 0 Å². The molecule has 5 N–H and O–H groups in total. The smallest absolute Gasteiger partial charge is 0.247 e. The maximum absolute atomic E-state index is 12.6. The third-order valence-corrected chi connectivity index (χ3v) is 4.69. The van der Waals surface area contributed by atoms with E-state index in [2.05, 4.69) is 10.6 Å². The van der Waals surface area contributed by atoms with Crippen LogP contribution in [0.2, 0.25) is 0 Å². The van der Waals surface area contributed by atoms with Crippen LogP contribution in [0.4, 0.5) is 0 Å². The summed E-state index contributed by atoms with van der Waals surface area (Å²) in [5.74, 6) is -2.41. The van der Waals surface area contributed by atoms with E-state index in [0.29, 0.717) is 19.4 Å². The van der Waals surface area contributed by atoms with Crippen molar-refractivity contribution < 1.29 is 24.3 Å². The van der Waals surface area contributed by atoms with Gasteiger partial charge in [0.2, 0.25) is 23.6 Å². The van der Waals surface area contributed by atoms with E-state index in [0.717, 1.165) is 0 Å². The quantitative estimate of drug-likeness (QED) is 0.422. The van der Waals surface area contributed by atoms with Crippen LogP contribution in [0.5, 0.6) is 0 Å². The SMILES string of the molecule is CC(C)C(=O)N1C(C(=O)N[C@H](C(N)=O)[C@@H](C)O)CCC12CNC2=O. The van der Waals surface area contributed by atoms with Crippen molar-refractivity contribution in [2.24, 2.45) is 11.7 Å². The van der Waals surface area contributed by atoms with Crippen molar-refractivity contribution in [3.8, 4) is 0 Å². The first kappa shape index (κ1) is 18.2. The molecule has 0 aromatic heterocycles. The first-order valence-corrected chi connectivity index (χ1v) is 8.01. The van der Waals surface area contributed by atoms with Gasteiger partial charge in [-0.05, 0) is 19.8 Å². The zero-order chi connectivity index (χ0) is 18.2. The second-order valence-electron chi connectivity index (χ2n) is 6.76. The topological polar surface area (TPSA) is 142 Å². The van der Waals surface area contributed by atoms with Crippen LogP contribution in [0.25, 0.3) is 0 Å². The molecule has 2 heterocycles. The average Bonchev–Trinajstić information content (AvgIpc) is 2.91. The predicted octanol–water partition coefficient (Wildman–Crippen LogP) is -2.15. The molecule has 0 aromatic rings. The van der Waals surface area contributed by atoms with Gasteiger partial charge in [-0.2, -0.15) is 0 Å². The highest BCUT2D eigenvalue weighted by Gasteiger charge is 2.60. The second kappa shape index (κ2) is 6.39. The van der Waals surface area contributed by atoms with Gasteiger partial charge >= 0.3 is 0 Å². The number of carbonyl (C=O) groups is 4. The molecule has 0 bridgehead atoms. The summed E-state index contributed by atoms with van der Waals surface area (Å²) in [6.45, 7) is 5.04. The number of aliphatic hydroxyl groups is 1. The summed E-state index contributed by atoms with van der Waals surface area (Å²) >= 11 is 0. The van der Waals surface area contributed by atoms with Crippen molar-refractivity contribution in [3.05, 3.63) is 0 Å². The Hall–Kier alpha value is -2.16. The molecule has 0 aromatic carbocycles. The number of β-lactam (4-membered cyclic amide) rings is 1. The lowest BCUT2D eigenvalue weighted by molar-refractivity contribution is -0.158. The van der Waals surface area contributed by atoms with Crippen molar-refractivity contribution in [3.63, 3.8) is 0 Å². The zero-order valence-corrected chi connectivity index (χ0v) is 14.0. The van der Waals surface area contributed by atoms with E-state index in [1.54, 1.807) is 13.8 Å². The summed E-state index contributed by atoms with van der Waals surface area (Å²) in [4.78, 5) is 49.9. The molecule has 2 fully saturated rings. The molecule has 0 radical (unpaired) electrons. The maximum Gasteiger partial charge on any atom is 0.247 e. The number of hydrogen-bond acceptors (Lipinski definition) is 5. The van der Waals surface area contributed by atoms with E-state index in [9.17, 15) is 24.3 Å². The average molecular weight is 340 g/mol. The van der Waals surface area contributed by atoms with Crippen molar-refractivity contribution in [2.45, 2.75) is 57.3 Å². The highest BCUT2D eigenvalue weighted by Crippen LogP contribution is 2.39. The molecule has 2 rings (SSSR count). The van der Waals surface area contributed by atoms with Crippen molar-refractivity contribution >= 4 is 23.6 Å². The standard InChI is InChI=1S/C15H24N4O5/c1-7(2)13(23)19-9(4-5-15(19)6-17-14(15)24)12(22)18-10(8(3)20)11(16)21/h7-10,20H,4-6H2,1-3H3,(H2,16,21)(H,17,24)(H,18,22)/t8-,9?,10+,15?/m1/s1. The molecular weight excluding hydrogens is 316 g/mol. The van der Waals surface area contributed by atoms with E-state index in [1.807, 2.05) is 0 Å². The third-order valence-electron chi connectivity index (χ3n) is 4.69. The molecule has 4 atom stereocenters. The number of nitrogens with one attached hydrogen (secondary N) is 2. The third kappa shape index (κ3) is 2.83. The van der Waals surface area contributed by atoms with Gasteiger partial charge in [0.25, 0.3) is 0 Å². The van der Waals surface area contributed by atoms with Crippen LogP contribution in [-0.2, 0) is 19.2 Å². The number of primary amides is 1. The van der Waals surface area contributed by atoms with Crippen molar-refractivity contribution in [1.82, 2.24) is 15.5 Å². The molecule has 9 heteroatoms.